The maximum absolute atomic E-state index is 6.70. The van der Waals surface area contributed by atoms with Gasteiger partial charge in [-0.25, -0.2) is 0 Å². The summed E-state index contributed by atoms with van der Waals surface area (Å²) in [5.41, 5.74) is 8.85. The van der Waals surface area contributed by atoms with Crippen LogP contribution in [0.5, 0.6) is 0 Å². The van der Waals surface area contributed by atoms with E-state index in [1.807, 2.05) is 6.07 Å². The zero-order valence-corrected chi connectivity index (χ0v) is 11.3. The van der Waals surface area contributed by atoms with Crippen LogP contribution < -0.4 is 5.73 Å². The molecule has 2 heteroatoms. The van der Waals surface area contributed by atoms with E-state index in [2.05, 4.69) is 49.6 Å². The maximum atomic E-state index is 6.70. The number of hydrogen-bond donors (Lipinski definition) is 1. The number of nitrogens with two attached hydrogens (primary N) is 1. The van der Waals surface area contributed by atoms with Crippen LogP contribution in [0.4, 0.5) is 0 Å². The quantitative estimate of drug-likeness (QED) is 0.863. The van der Waals surface area contributed by atoms with Crippen molar-refractivity contribution in [2.45, 2.75) is 32.2 Å². The zero-order chi connectivity index (χ0) is 12.3. The lowest BCUT2D eigenvalue weighted by molar-refractivity contribution is 0.484. The number of rotatable bonds is 4. The van der Waals surface area contributed by atoms with Gasteiger partial charge in [-0.05, 0) is 35.9 Å². The molecule has 0 fully saturated rings. The molecule has 90 valence electrons. The molecule has 0 bridgehead atoms. The van der Waals surface area contributed by atoms with E-state index in [9.17, 15) is 0 Å². The van der Waals surface area contributed by atoms with Gasteiger partial charge >= 0.3 is 0 Å². The third-order valence-corrected chi connectivity index (χ3v) is 4.12. The van der Waals surface area contributed by atoms with E-state index in [4.69, 9.17) is 5.73 Å². The minimum atomic E-state index is -0.333. The van der Waals surface area contributed by atoms with Gasteiger partial charge < -0.3 is 5.73 Å². The van der Waals surface area contributed by atoms with Gasteiger partial charge in [0.15, 0.2) is 0 Å². The fourth-order valence-corrected chi connectivity index (χ4v) is 3.20. The Hall–Kier alpha value is -1.12. The Morgan fingerprint density at radius 3 is 2.41 bits per heavy atom. The fraction of sp³-hybridized carbons (Fsp3) is 0.333. The van der Waals surface area contributed by atoms with Crippen molar-refractivity contribution < 1.29 is 0 Å². The number of aryl methyl sites for hydroxylation is 1. The van der Waals surface area contributed by atoms with Crippen molar-refractivity contribution in [1.82, 2.24) is 0 Å². The monoisotopic (exact) mass is 245 g/mol. The zero-order valence-electron chi connectivity index (χ0n) is 10.4. The smallest absolute Gasteiger partial charge is 0.0676 e. The van der Waals surface area contributed by atoms with E-state index >= 15 is 0 Å². The first-order valence-electron chi connectivity index (χ1n) is 6.07. The predicted molar refractivity (Wildman–Crippen MR) is 75.4 cm³/mol. The van der Waals surface area contributed by atoms with Crippen LogP contribution in [0.15, 0.2) is 41.8 Å². The van der Waals surface area contributed by atoms with Crippen LogP contribution in [0.25, 0.3) is 0 Å². The largest absolute Gasteiger partial charge is 0.318 e. The molecule has 2 N–H and O–H groups in total. The van der Waals surface area contributed by atoms with Crippen LogP contribution in [-0.4, -0.2) is 0 Å². The molecular weight excluding hydrogens is 226 g/mol. The fourth-order valence-electron chi connectivity index (χ4n) is 2.41. The highest BCUT2D eigenvalue weighted by molar-refractivity contribution is 7.10. The Bertz CT molecular complexity index is 475. The molecule has 1 atom stereocenters. The van der Waals surface area contributed by atoms with Crippen LogP contribution in [0.3, 0.4) is 0 Å². The van der Waals surface area contributed by atoms with Gasteiger partial charge in [-0.2, -0.15) is 0 Å². The van der Waals surface area contributed by atoms with Crippen LogP contribution in [-0.2, 0) is 5.54 Å². The minimum Gasteiger partial charge on any atom is -0.318 e. The summed E-state index contributed by atoms with van der Waals surface area (Å²) in [6.07, 6.45) is 2.06. The van der Waals surface area contributed by atoms with Gasteiger partial charge in [-0.3, -0.25) is 0 Å². The summed E-state index contributed by atoms with van der Waals surface area (Å²) in [6.45, 7) is 4.34. The molecule has 0 aliphatic heterocycles. The maximum Gasteiger partial charge on any atom is 0.0676 e. The lowest BCUT2D eigenvalue weighted by atomic mass is 9.80. The molecular formula is C15H19NS. The SMILES string of the molecule is CCCC(N)(c1ccccc1)c1ccsc1C. The third kappa shape index (κ3) is 2.28. The number of benzene rings is 1. The van der Waals surface area contributed by atoms with Gasteiger partial charge in [0.2, 0.25) is 0 Å². The molecule has 17 heavy (non-hydrogen) atoms. The number of thiophene rings is 1. The van der Waals surface area contributed by atoms with Crippen molar-refractivity contribution in [2.24, 2.45) is 5.73 Å². The highest BCUT2D eigenvalue weighted by Crippen LogP contribution is 2.35. The van der Waals surface area contributed by atoms with E-state index in [1.54, 1.807) is 11.3 Å². The molecule has 0 saturated carbocycles. The number of hydrogen-bond acceptors (Lipinski definition) is 2. The van der Waals surface area contributed by atoms with E-state index in [1.165, 1.54) is 16.0 Å². The Balaban J connectivity index is 2.50. The summed E-state index contributed by atoms with van der Waals surface area (Å²) in [7, 11) is 0. The summed E-state index contributed by atoms with van der Waals surface area (Å²) in [4.78, 5) is 1.32. The molecule has 0 saturated heterocycles. The molecule has 0 radical (unpaired) electrons. The van der Waals surface area contributed by atoms with E-state index in [0.29, 0.717) is 0 Å². The van der Waals surface area contributed by atoms with Crippen molar-refractivity contribution >= 4 is 11.3 Å². The topological polar surface area (TPSA) is 26.0 Å². The second-order valence-electron chi connectivity index (χ2n) is 4.48. The average molecular weight is 245 g/mol. The Labute approximate surface area is 107 Å². The van der Waals surface area contributed by atoms with Gasteiger partial charge in [-0.15, -0.1) is 11.3 Å². The molecule has 0 amide bonds. The minimum absolute atomic E-state index is 0.333. The standard InChI is InChI=1S/C15H19NS/c1-3-10-15(16,13-7-5-4-6-8-13)14-9-11-17-12(14)2/h4-9,11H,3,10,16H2,1-2H3. The molecule has 1 aromatic carbocycles. The summed E-state index contributed by atoms with van der Waals surface area (Å²) in [6, 6.07) is 12.6. The first-order valence-corrected chi connectivity index (χ1v) is 6.95. The van der Waals surface area contributed by atoms with E-state index in [-0.39, 0.29) is 5.54 Å². The third-order valence-electron chi connectivity index (χ3n) is 3.27. The van der Waals surface area contributed by atoms with Crippen molar-refractivity contribution in [3.05, 3.63) is 57.8 Å². The van der Waals surface area contributed by atoms with Crippen molar-refractivity contribution in [3.63, 3.8) is 0 Å². The van der Waals surface area contributed by atoms with Crippen molar-refractivity contribution in [2.75, 3.05) is 0 Å². The molecule has 2 aromatic rings. The van der Waals surface area contributed by atoms with Crippen molar-refractivity contribution in [1.29, 1.82) is 0 Å². The lowest BCUT2D eigenvalue weighted by Gasteiger charge is -2.30. The van der Waals surface area contributed by atoms with Gasteiger partial charge in [0.1, 0.15) is 0 Å². The summed E-state index contributed by atoms with van der Waals surface area (Å²) < 4.78 is 0. The Morgan fingerprint density at radius 1 is 1.18 bits per heavy atom. The average Bonchev–Trinajstić information content (AvgIpc) is 2.77. The van der Waals surface area contributed by atoms with Gasteiger partial charge in [-0.1, -0.05) is 43.7 Å². The second kappa shape index (κ2) is 5.03. The van der Waals surface area contributed by atoms with E-state index in [0.717, 1.165) is 12.8 Å². The molecule has 1 nitrogen and oxygen atoms in total. The first kappa shape index (κ1) is 12.3. The summed E-state index contributed by atoms with van der Waals surface area (Å²) in [5, 5.41) is 2.13. The van der Waals surface area contributed by atoms with Gasteiger partial charge in [0, 0.05) is 4.88 Å². The second-order valence-corrected chi connectivity index (χ2v) is 5.60. The Morgan fingerprint density at radius 2 is 1.88 bits per heavy atom. The normalized spacial score (nSPS) is 14.5. The van der Waals surface area contributed by atoms with E-state index < -0.39 is 0 Å². The van der Waals surface area contributed by atoms with Crippen LogP contribution in [0, 0.1) is 6.92 Å². The summed E-state index contributed by atoms with van der Waals surface area (Å²) in [5.74, 6) is 0. The van der Waals surface area contributed by atoms with Crippen LogP contribution in [0.1, 0.15) is 35.8 Å². The van der Waals surface area contributed by atoms with Crippen LogP contribution >= 0.6 is 11.3 Å². The van der Waals surface area contributed by atoms with Crippen molar-refractivity contribution in [3.8, 4) is 0 Å². The molecule has 0 aliphatic rings. The first-order chi connectivity index (χ1) is 8.18. The lowest BCUT2D eigenvalue weighted by Crippen LogP contribution is -2.38. The van der Waals surface area contributed by atoms with Gasteiger partial charge in [0.05, 0.1) is 5.54 Å². The highest BCUT2D eigenvalue weighted by Gasteiger charge is 2.30. The molecule has 1 aromatic heterocycles. The molecule has 0 spiro atoms. The Kier molecular flexibility index (Phi) is 3.65. The summed E-state index contributed by atoms with van der Waals surface area (Å²) >= 11 is 1.77. The van der Waals surface area contributed by atoms with Gasteiger partial charge in [0.25, 0.3) is 0 Å². The van der Waals surface area contributed by atoms with Crippen LogP contribution in [0.2, 0.25) is 0 Å². The molecule has 1 unspecified atom stereocenters. The highest BCUT2D eigenvalue weighted by atomic mass is 32.1. The molecule has 2 rings (SSSR count). The predicted octanol–water partition coefficient (Wildman–Crippen LogP) is 4.06. The molecule has 0 aliphatic carbocycles. The molecule has 1 heterocycles.